The van der Waals surface area contributed by atoms with E-state index in [1.807, 2.05) is 0 Å². The summed E-state index contributed by atoms with van der Waals surface area (Å²) in [5.74, 6) is 0. The second-order valence-electron chi connectivity index (χ2n) is 1.32. The van der Waals surface area contributed by atoms with Crippen molar-refractivity contribution in [2.45, 2.75) is 11.3 Å². The zero-order valence-electron chi connectivity index (χ0n) is 4.49. The average Bonchev–Trinajstić information content (AvgIpc) is 1.63. The lowest BCUT2D eigenvalue weighted by molar-refractivity contribution is 0.0854. The van der Waals surface area contributed by atoms with Gasteiger partial charge in [0.25, 0.3) is 0 Å². The van der Waals surface area contributed by atoms with E-state index in [0.717, 1.165) is 0 Å². The van der Waals surface area contributed by atoms with Crippen molar-refractivity contribution < 1.29 is 13.5 Å². The summed E-state index contributed by atoms with van der Waals surface area (Å²) in [5.41, 5.74) is -3.17. The molecule has 5 heteroatoms. The van der Waals surface area contributed by atoms with Crippen molar-refractivity contribution in [3.63, 3.8) is 0 Å². The Hall–Kier alpha value is 0.400. The Kier molecular flexibility index (Phi) is 5.44. The summed E-state index contributed by atoms with van der Waals surface area (Å²) in [6.45, 7) is -0.649. The molecule has 0 saturated carbocycles. The summed E-state index contributed by atoms with van der Waals surface area (Å²) in [7, 11) is 0. The molecule has 0 aliphatic carbocycles. The van der Waals surface area contributed by atoms with Crippen LogP contribution in [-0.2, 0) is 4.74 Å². The number of halogens is 4. The number of hydrogen-bond donors (Lipinski definition) is 0. The lowest BCUT2D eigenvalue weighted by Crippen LogP contribution is -2.09. The van der Waals surface area contributed by atoms with Crippen LogP contribution in [0.3, 0.4) is 0 Å². The summed E-state index contributed by atoms with van der Waals surface area (Å²) >= 11 is 9.61. The van der Waals surface area contributed by atoms with E-state index in [-0.39, 0.29) is 13.2 Å². The van der Waals surface area contributed by atoms with Gasteiger partial charge in [0, 0.05) is 0 Å². The topological polar surface area (TPSA) is 9.23 Å². The first-order valence-corrected chi connectivity index (χ1v) is 3.14. The van der Waals surface area contributed by atoms with Gasteiger partial charge in [-0.25, -0.2) is 8.78 Å². The largest absolute Gasteiger partial charge is 0.373 e. The van der Waals surface area contributed by atoms with Crippen molar-refractivity contribution in [2.75, 3.05) is 13.2 Å². The van der Waals surface area contributed by atoms with Crippen molar-refractivity contribution in [3.05, 3.63) is 0 Å². The first-order chi connectivity index (χ1) is 4.13. The highest BCUT2D eigenvalue weighted by atomic mass is 35.5. The number of rotatable bonds is 4. The highest BCUT2D eigenvalue weighted by Gasteiger charge is 2.03. The highest BCUT2D eigenvalue weighted by Crippen LogP contribution is 2.01. The van der Waals surface area contributed by atoms with Gasteiger partial charge in [-0.1, -0.05) is 23.2 Å². The standard InChI is InChI=1S/C4H6Cl2F2O/c5-3(7)1-9-2-4(6)8/h3-4H,1-2H2. The van der Waals surface area contributed by atoms with Crippen molar-refractivity contribution >= 4 is 23.2 Å². The molecule has 0 aliphatic rings. The van der Waals surface area contributed by atoms with E-state index in [0.29, 0.717) is 0 Å². The smallest absolute Gasteiger partial charge is 0.196 e. The average molecular weight is 179 g/mol. The molecule has 0 aromatic carbocycles. The van der Waals surface area contributed by atoms with E-state index >= 15 is 0 Å². The van der Waals surface area contributed by atoms with Gasteiger partial charge in [0.15, 0.2) is 11.3 Å². The monoisotopic (exact) mass is 178 g/mol. The SMILES string of the molecule is FC(Cl)COCC(F)Cl. The van der Waals surface area contributed by atoms with Gasteiger partial charge in [-0.3, -0.25) is 0 Å². The van der Waals surface area contributed by atoms with Crippen LogP contribution in [0.5, 0.6) is 0 Å². The fraction of sp³-hybridized carbons (Fsp3) is 1.00. The number of hydrogen-bond acceptors (Lipinski definition) is 1. The first-order valence-electron chi connectivity index (χ1n) is 2.27. The molecule has 0 fully saturated rings. The molecule has 9 heavy (non-hydrogen) atoms. The Labute approximate surface area is 61.9 Å². The van der Waals surface area contributed by atoms with E-state index in [1.165, 1.54) is 0 Å². The first kappa shape index (κ1) is 9.40. The van der Waals surface area contributed by atoms with Crippen LogP contribution in [0.15, 0.2) is 0 Å². The minimum atomic E-state index is -1.58. The third kappa shape index (κ3) is 8.40. The Morgan fingerprint density at radius 3 is 1.67 bits per heavy atom. The van der Waals surface area contributed by atoms with Gasteiger partial charge in [0.05, 0.1) is 13.2 Å². The predicted molar refractivity (Wildman–Crippen MR) is 32.3 cm³/mol. The molecular formula is C4H6Cl2F2O. The van der Waals surface area contributed by atoms with E-state index in [1.54, 1.807) is 0 Å². The van der Waals surface area contributed by atoms with Crippen LogP contribution >= 0.6 is 23.2 Å². The maximum absolute atomic E-state index is 11.6. The van der Waals surface area contributed by atoms with Crippen LogP contribution in [0.1, 0.15) is 0 Å². The minimum absolute atomic E-state index is 0.325. The Bertz CT molecular complexity index is 61.6. The summed E-state index contributed by atoms with van der Waals surface area (Å²) in [6, 6.07) is 0. The van der Waals surface area contributed by atoms with Crippen LogP contribution in [0.4, 0.5) is 8.78 Å². The Morgan fingerprint density at radius 1 is 1.11 bits per heavy atom. The van der Waals surface area contributed by atoms with Crippen molar-refractivity contribution in [1.82, 2.24) is 0 Å². The Balaban J connectivity index is 2.91. The molecule has 0 amide bonds. The number of alkyl halides is 4. The summed E-state index contributed by atoms with van der Waals surface area (Å²) < 4.78 is 27.6. The second kappa shape index (κ2) is 5.21. The number of ether oxygens (including phenoxy) is 1. The van der Waals surface area contributed by atoms with Crippen LogP contribution in [0, 0.1) is 0 Å². The van der Waals surface area contributed by atoms with Gasteiger partial charge < -0.3 is 4.74 Å². The molecule has 0 radical (unpaired) electrons. The van der Waals surface area contributed by atoms with Crippen molar-refractivity contribution in [2.24, 2.45) is 0 Å². The van der Waals surface area contributed by atoms with Crippen LogP contribution < -0.4 is 0 Å². The molecule has 2 unspecified atom stereocenters. The summed E-state index contributed by atoms with van der Waals surface area (Å²) in [6.07, 6.45) is 0. The third-order valence-corrected chi connectivity index (χ3v) is 0.740. The summed E-state index contributed by atoms with van der Waals surface area (Å²) in [5, 5.41) is 0. The van der Waals surface area contributed by atoms with Gasteiger partial charge in [0.2, 0.25) is 0 Å². The molecule has 0 aromatic heterocycles. The predicted octanol–water partition coefficient (Wildman–Crippen LogP) is 2.07. The Morgan fingerprint density at radius 2 is 1.44 bits per heavy atom. The van der Waals surface area contributed by atoms with Crippen LogP contribution in [0.2, 0.25) is 0 Å². The molecular weight excluding hydrogens is 173 g/mol. The van der Waals surface area contributed by atoms with Gasteiger partial charge >= 0.3 is 0 Å². The van der Waals surface area contributed by atoms with Gasteiger partial charge in [0.1, 0.15) is 0 Å². The van der Waals surface area contributed by atoms with Crippen LogP contribution in [0.25, 0.3) is 0 Å². The molecule has 0 N–H and O–H groups in total. The van der Waals surface area contributed by atoms with E-state index < -0.39 is 11.3 Å². The quantitative estimate of drug-likeness (QED) is 0.600. The highest BCUT2D eigenvalue weighted by molar-refractivity contribution is 6.20. The summed E-state index contributed by atoms with van der Waals surface area (Å²) in [4.78, 5) is 0. The normalized spacial score (nSPS) is 17.3. The molecule has 0 bridgehead atoms. The lowest BCUT2D eigenvalue weighted by atomic mass is 10.7. The molecule has 0 spiro atoms. The maximum atomic E-state index is 11.6. The van der Waals surface area contributed by atoms with Crippen molar-refractivity contribution in [3.8, 4) is 0 Å². The fourth-order valence-corrected chi connectivity index (χ4v) is 0.424. The molecule has 2 atom stereocenters. The van der Waals surface area contributed by atoms with E-state index in [2.05, 4.69) is 4.74 Å². The molecule has 0 heterocycles. The van der Waals surface area contributed by atoms with Crippen molar-refractivity contribution in [1.29, 1.82) is 0 Å². The van der Waals surface area contributed by atoms with Gasteiger partial charge in [-0.2, -0.15) is 0 Å². The second-order valence-corrected chi connectivity index (χ2v) is 2.27. The lowest BCUT2D eigenvalue weighted by Gasteiger charge is -2.01. The third-order valence-electron chi connectivity index (χ3n) is 0.488. The van der Waals surface area contributed by atoms with E-state index in [4.69, 9.17) is 23.2 Å². The maximum Gasteiger partial charge on any atom is 0.196 e. The van der Waals surface area contributed by atoms with Gasteiger partial charge in [-0.05, 0) is 0 Å². The zero-order valence-corrected chi connectivity index (χ0v) is 6.00. The molecule has 1 nitrogen and oxygen atoms in total. The molecule has 0 rings (SSSR count). The fourth-order valence-electron chi connectivity index (χ4n) is 0.246. The van der Waals surface area contributed by atoms with Crippen LogP contribution in [-0.4, -0.2) is 24.5 Å². The van der Waals surface area contributed by atoms with Gasteiger partial charge in [-0.15, -0.1) is 0 Å². The molecule has 0 saturated heterocycles. The molecule has 0 aromatic rings. The molecule has 0 aliphatic heterocycles. The minimum Gasteiger partial charge on any atom is -0.373 e. The zero-order chi connectivity index (χ0) is 7.28. The van der Waals surface area contributed by atoms with E-state index in [9.17, 15) is 8.78 Å². The molecule has 56 valence electrons.